The molecule has 3 N–H and O–H groups in total. The number of methoxy groups -OCH3 is 1. The summed E-state index contributed by atoms with van der Waals surface area (Å²) in [5, 5.41) is 16.0. The number of phenolic OH excluding ortho intramolecular Hbond substituents is 1. The molecule has 9 nitrogen and oxygen atoms in total. The summed E-state index contributed by atoms with van der Waals surface area (Å²) in [4.78, 5) is 41.2. The number of thiol groups is 1. The van der Waals surface area contributed by atoms with Gasteiger partial charge in [0, 0.05) is 23.0 Å². The third-order valence-corrected chi connectivity index (χ3v) is 5.85. The number of hydrogen-bond donors (Lipinski definition) is 4. The molecule has 3 rings (SSSR count). The minimum atomic E-state index is -1.14. The minimum absolute atomic E-state index is 0.00507. The molecule has 0 spiro atoms. The van der Waals surface area contributed by atoms with Gasteiger partial charge in [-0.05, 0) is 63.9 Å². The Morgan fingerprint density at radius 3 is 2.28 bits per heavy atom. The molecule has 194 valence electrons. The second-order valence-electron chi connectivity index (χ2n) is 9.54. The molecule has 0 aliphatic heterocycles. The van der Waals surface area contributed by atoms with Gasteiger partial charge in [-0.1, -0.05) is 18.2 Å². The van der Waals surface area contributed by atoms with Gasteiger partial charge >= 0.3 is 6.09 Å². The van der Waals surface area contributed by atoms with Crippen LogP contribution in [0, 0.1) is 0 Å². The van der Waals surface area contributed by atoms with Crippen LogP contribution in [0.25, 0.3) is 0 Å². The fourth-order valence-electron chi connectivity index (χ4n) is 3.71. The van der Waals surface area contributed by atoms with Crippen molar-refractivity contribution in [2.45, 2.75) is 57.3 Å². The Labute approximate surface area is 216 Å². The Morgan fingerprint density at radius 2 is 1.75 bits per heavy atom. The quantitative estimate of drug-likeness (QED) is 0.377. The van der Waals surface area contributed by atoms with Crippen molar-refractivity contribution in [3.63, 3.8) is 0 Å². The first-order valence-corrected chi connectivity index (χ1v) is 12.3. The average molecular weight is 516 g/mol. The second-order valence-corrected chi connectivity index (χ2v) is 9.90. The molecule has 0 aromatic heterocycles. The highest BCUT2D eigenvalue weighted by molar-refractivity contribution is 7.80. The van der Waals surface area contributed by atoms with Crippen LogP contribution in [0.1, 0.15) is 45.2 Å². The predicted molar refractivity (Wildman–Crippen MR) is 139 cm³/mol. The van der Waals surface area contributed by atoms with E-state index >= 15 is 0 Å². The van der Waals surface area contributed by atoms with E-state index in [1.807, 2.05) is 0 Å². The lowest BCUT2D eigenvalue weighted by Gasteiger charge is -2.34. The predicted octanol–water partition coefficient (Wildman–Crippen LogP) is 3.89. The van der Waals surface area contributed by atoms with E-state index in [2.05, 4.69) is 23.3 Å². The van der Waals surface area contributed by atoms with Gasteiger partial charge in [0.2, 0.25) is 5.91 Å². The highest BCUT2D eigenvalue weighted by Crippen LogP contribution is 2.38. The summed E-state index contributed by atoms with van der Waals surface area (Å²) in [6.07, 6.45) is 0.627. The van der Waals surface area contributed by atoms with Crippen molar-refractivity contribution >= 4 is 36.2 Å². The number of benzene rings is 2. The number of ether oxygens (including phenoxy) is 2. The molecular formula is C26H33N3O6S. The van der Waals surface area contributed by atoms with Gasteiger partial charge in [0.05, 0.1) is 7.11 Å². The smallest absolute Gasteiger partial charge is 0.408 e. The fourth-order valence-corrected chi connectivity index (χ4v) is 3.95. The molecule has 1 aliphatic rings. The lowest BCUT2D eigenvalue weighted by Crippen LogP contribution is -2.54. The zero-order chi connectivity index (χ0) is 26.5. The van der Waals surface area contributed by atoms with Crippen LogP contribution in [0.5, 0.6) is 11.5 Å². The maximum absolute atomic E-state index is 13.8. The number of carbonyl (C=O) groups is 3. The number of aromatic hydroxyl groups is 1. The van der Waals surface area contributed by atoms with E-state index in [4.69, 9.17) is 9.47 Å². The number of anilines is 1. The largest absolute Gasteiger partial charge is 0.508 e. The summed E-state index contributed by atoms with van der Waals surface area (Å²) in [5.41, 5.74) is 0.0298. The van der Waals surface area contributed by atoms with Crippen molar-refractivity contribution in [3.05, 3.63) is 54.1 Å². The number of nitrogens with one attached hydrogen (secondary N) is 2. The second kappa shape index (κ2) is 11.6. The third kappa shape index (κ3) is 7.07. The molecule has 0 heterocycles. The van der Waals surface area contributed by atoms with Gasteiger partial charge in [0.25, 0.3) is 5.91 Å². The monoisotopic (exact) mass is 515 g/mol. The van der Waals surface area contributed by atoms with Crippen LogP contribution >= 0.6 is 12.6 Å². The van der Waals surface area contributed by atoms with E-state index in [9.17, 15) is 19.5 Å². The van der Waals surface area contributed by atoms with Crippen molar-refractivity contribution in [2.24, 2.45) is 0 Å². The van der Waals surface area contributed by atoms with Crippen molar-refractivity contribution in [2.75, 3.05) is 18.2 Å². The van der Waals surface area contributed by atoms with Gasteiger partial charge < -0.3 is 30.1 Å². The summed E-state index contributed by atoms with van der Waals surface area (Å²) in [6, 6.07) is 10.8. The number of rotatable bonds is 9. The zero-order valence-corrected chi connectivity index (χ0v) is 21.7. The minimum Gasteiger partial charge on any atom is -0.508 e. The summed E-state index contributed by atoms with van der Waals surface area (Å²) in [5.74, 6) is -0.485. The molecule has 10 heteroatoms. The van der Waals surface area contributed by atoms with Crippen LogP contribution in [0.4, 0.5) is 10.5 Å². The Balaban J connectivity index is 1.93. The molecule has 1 aliphatic carbocycles. The molecule has 3 amide bonds. The number of nitrogens with zero attached hydrogens (tertiary/aromatic N) is 1. The van der Waals surface area contributed by atoms with E-state index < -0.39 is 35.6 Å². The van der Waals surface area contributed by atoms with E-state index in [0.29, 0.717) is 24.3 Å². The maximum Gasteiger partial charge on any atom is 0.408 e. The van der Waals surface area contributed by atoms with E-state index in [1.54, 1.807) is 70.3 Å². The molecule has 36 heavy (non-hydrogen) atoms. The van der Waals surface area contributed by atoms with Crippen LogP contribution in [-0.2, 0) is 14.3 Å². The summed E-state index contributed by atoms with van der Waals surface area (Å²) in [7, 11) is 1.55. The van der Waals surface area contributed by atoms with Gasteiger partial charge in [0.15, 0.2) is 0 Å². The van der Waals surface area contributed by atoms with Crippen molar-refractivity contribution in [1.82, 2.24) is 10.2 Å². The van der Waals surface area contributed by atoms with Gasteiger partial charge in [-0.2, -0.15) is 12.6 Å². The standard InChI is InChI=1S/C26H33N3O6S/c1-26(2,3)35-25(33)28-20(15-36)24(32)29(17-11-12-17)22(19-7-5-6-8-21(19)30)23(31)27-16-9-13-18(34-4)14-10-16/h5-10,13-14,17,20,22,30,36H,11-12,15H2,1-4H3,(H,27,31)(H,28,33). The normalized spacial score (nSPS) is 14.8. The number of para-hydroxylation sites is 1. The van der Waals surface area contributed by atoms with Gasteiger partial charge in [0.1, 0.15) is 29.2 Å². The van der Waals surface area contributed by atoms with Crippen LogP contribution < -0.4 is 15.4 Å². The first-order chi connectivity index (χ1) is 17.0. The number of carbonyl (C=O) groups excluding carboxylic acids is 3. The van der Waals surface area contributed by atoms with Gasteiger partial charge in [-0.3, -0.25) is 9.59 Å². The first kappa shape index (κ1) is 27.2. The van der Waals surface area contributed by atoms with Crippen LogP contribution in [0.15, 0.2) is 48.5 Å². The van der Waals surface area contributed by atoms with E-state index in [0.717, 1.165) is 0 Å². The van der Waals surface area contributed by atoms with Crippen LogP contribution in [-0.4, -0.2) is 58.5 Å². The lowest BCUT2D eigenvalue weighted by molar-refractivity contribution is -0.141. The number of amides is 3. The number of alkyl carbamates (subject to hydrolysis) is 1. The van der Waals surface area contributed by atoms with Crippen LogP contribution in [0.3, 0.4) is 0 Å². The fraction of sp³-hybridized carbons (Fsp3) is 0.423. The third-order valence-electron chi connectivity index (χ3n) is 5.48. The Bertz CT molecular complexity index is 1080. The molecule has 2 unspecified atom stereocenters. The molecule has 2 aromatic rings. The lowest BCUT2D eigenvalue weighted by atomic mass is 10.0. The molecule has 1 saturated carbocycles. The molecule has 0 bridgehead atoms. The molecule has 2 aromatic carbocycles. The SMILES string of the molecule is COc1ccc(NC(=O)C(c2ccccc2O)N(C(=O)C(CS)NC(=O)OC(C)(C)C)C2CC2)cc1. The van der Waals surface area contributed by atoms with E-state index in [1.165, 1.54) is 11.0 Å². The van der Waals surface area contributed by atoms with Gasteiger partial charge in [-0.15, -0.1) is 0 Å². The Morgan fingerprint density at radius 1 is 1.11 bits per heavy atom. The van der Waals surface area contributed by atoms with Crippen molar-refractivity contribution in [1.29, 1.82) is 0 Å². The summed E-state index contributed by atoms with van der Waals surface area (Å²) in [6.45, 7) is 5.16. The van der Waals surface area contributed by atoms with Crippen molar-refractivity contribution in [3.8, 4) is 11.5 Å². The molecule has 0 radical (unpaired) electrons. The molecular weight excluding hydrogens is 482 g/mol. The average Bonchev–Trinajstić information content (AvgIpc) is 3.65. The maximum atomic E-state index is 13.8. The highest BCUT2D eigenvalue weighted by Gasteiger charge is 2.44. The highest BCUT2D eigenvalue weighted by atomic mass is 32.1. The number of hydrogen-bond acceptors (Lipinski definition) is 7. The number of phenols is 1. The zero-order valence-electron chi connectivity index (χ0n) is 20.9. The van der Waals surface area contributed by atoms with Crippen LogP contribution in [0.2, 0.25) is 0 Å². The summed E-state index contributed by atoms with van der Waals surface area (Å²) >= 11 is 4.27. The molecule has 1 fully saturated rings. The Hall–Kier alpha value is -3.40. The Kier molecular flexibility index (Phi) is 8.73. The molecule has 2 atom stereocenters. The summed E-state index contributed by atoms with van der Waals surface area (Å²) < 4.78 is 10.5. The topological polar surface area (TPSA) is 117 Å². The van der Waals surface area contributed by atoms with E-state index in [-0.39, 0.29) is 23.1 Å². The molecule has 0 saturated heterocycles. The first-order valence-electron chi connectivity index (χ1n) is 11.7. The van der Waals surface area contributed by atoms with Crippen molar-refractivity contribution < 1.29 is 29.0 Å². The van der Waals surface area contributed by atoms with Gasteiger partial charge in [-0.25, -0.2) is 4.79 Å².